The third-order valence-electron chi connectivity index (χ3n) is 6.23. The van der Waals surface area contributed by atoms with Crippen molar-refractivity contribution >= 4 is 21.8 Å². The number of rotatable bonds is 6. The second kappa shape index (κ2) is 11.0. The zero-order valence-corrected chi connectivity index (χ0v) is 21.8. The predicted octanol–water partition coefficient (Wildman–Crippen LogP) is 8.68. The van der Waals surface area contributed by atoms with Crippen LogP contribution in [0, 0.1) is 11.6 Å². The molecule has 0 saturated carbocycles. The normalized spacial score (nSPS) is 13.5. The molecule has 0 aliphatic heterocycles. The lowest BCUT2D eigenvalue weighted by Gasteiger charge is -2.37. The van der Waals surface area contributed by atoms with Gasteiger partial charge in [-0.1, -0.05) is 58.4 Å². The molecule has 0 bridgehead atoms. The van der Waals surface area contributed by atoms with E-state index in [2.05, 4.69) is 21.2 Å². The summed E-state index contributed by atoms with van der Waals surface area (Å²) in [6, 6.07) is 17.7. The summed E-state index contributed by atoms with van der Waals surface area (Å²) < 4.78 is 111. The summed E-state index contributed by atoms with van der Waals surface area (Å²) in [6.07, 6.45) is -10.3. The van der Waals surface area contributed by atoms with Gasteiger partial charge in [0, 0.05) is 16.5 Å². The van der Waals surface area contributed by atoms with Gasteiger partial charge in [-0.3, -0.25) is 4.79 Å². The van der Waals surface area contributed by atoms with Gasteiger partial charge < -0.3 is 5.32 Å². The Bertz CT molecular complexity index is 1520. The van der Waals surface area contributed by atoms with Gasteiger partial charge in [0.1, 0.15) is 11.6 Å². The Balaban J connectivity index is 1.98. The van der Waals surface area contributed by atoms with Crippen LogP contribution in [-0.4, -0.2) is 5.91 Å². The number of benzene rings is 4. The van der Waals surface area contributed by atoms with E-state index >= 15 is 0 Å². The molecule has 0 fully saturated rings. The number of alkyl halides is 6. The van der Waals surface area contributed by atoms with Gasteiger partial charge in [-0.15, -0.1) is 0 Å². The maximum atomic E-state index is 14.7. The van der Waals surface area contributed by atoms with E-state index in [0.717, 1.165) is 12.1 Å². The van der Waals surface area contributed by atoms with Gasteiger partial charge in [-0.05, 0) is 65.2 Å². The van der Waals surface area contributed by atoms with Crippen molar-refractivity contribution in [3.05, 3.63) is 140 Å². The molecule has 1 atom stereocenters. The average Bonchev–Trinajstić information content (AvgIpc) is 2.88. The van der Waals surface area contributed by atoms with E-state index in [9.17, 15) is 39.9 Å². The summed E-state index contributed by atoms with van der Waals surface area (Å²) in [4.78, 5) is 13.5. The molecule has 11 heteroatoms. The van der Waals surface area contributed by atoms with E-state index in [1.807, 2.05) is 0 Å². The summed E-state index contributed by atoms with van der Waals surface area (Å²) in [6.45, 7) is 0. The van der Waals surface area contributed by atoms with Crippen LogP contribution >= 0.6 is 15.9 Å². The first-order valence-electron chi connectivity index (χ1n) is 11.6. The number of halogens is 9. The van der Waals surface area contributed by atoms with Gasteiger partial charge in [0.25, 0.3) is 5.91 Å². The standard InChI is InChI=1S/C29H18BrF8NO/c30-22-9-7-19(8-10-22)27(16-17-4-2-1-3-5-17,20-13-21(28(33,34)35)15-23(31)14-20)39-26(40)18-6-11-25(32)24(12-18)29(36,37)38/h1-15H,16H2,(H,39,40)/t27-/m1/s1. The Labute approximate surface area is 231 Å². The van der Waals surface area contributed by atoms with Crippen LogP contribution in [0.5, 0.6) is 0 Å². The first-order chi connectivity index (χ1) is 18.7. The SMILES string of the molecule is O=C(N[C@](Cc1ccccc1)(c1ccc(Br)cc1)c1cc(F)cc(C(F)(F)F)c1)c1ccc(F)c(C(F)(F)F)c1. The second-order valence-electron chi connectivity index (χ2n) is 8.95. The Morgan fingerprint density at radius 2 is 1.32 bits per heavy atom. The molecule has 0 saturated heterocycles. The van der Waals surface area contributed by atoms with Crippen molar-refractivity contribution in [1.82, 2.24) is 5.32 Å². The summed E-state index contributed by atoms with van der Waals surface area (Å²) >= 11 is 3.27. The number of amides is 1. The predicted molar refractivity (Wildman–Crippen MR) is 135 cm³/mol. The summed E-state index contributed by atoms with van der Waals surface area (Å²) in [5.41, 5.74) is -5.11. The van der Waals surface area contributed by atoms with Gasteiger partial charge in [0.15, 0.2) is 0 Å². The van der Waals surface area contributed by atoms with Crippen molar-refractivity contribution in [2.75, 3.05) is 0 Å². The molecule has 0 aliphatic rings. The smallest absolute Gasteiger partial charge is 0.338 e. The molecular formula is C29H18BrF8NO. The molecule has 0 aliphatic carbocycles. The molecule has 2 nitrogen and oxygen atoms in total. The highest BCUT2D eigenvalue weighted by atomic mass is 79.9. The third-order valence-corrected chi connectivity index (χ3v) is 6.76. The largest absolute Gasteiger partial charge is 0.419 e. The fourth-order valence-electron chi connectivity index (χ4n) is 4.35. The fourth-order valence-corrected chi connectivity index (χ4v) is 4.61. The third kappa shape index (κ3) is 6.35. The highest BCUT2D eigenvalue weighted by Gasteiger charge is 2.41. The Hall–Kier alpha value is -3.73. The highest BCUT2D eigenvalue weighted by molar-refractivity contribution is 9.10. The maximum Gasteiger partial charge on any atom is 0.419 e. The van der Waals surface area contributed by atoms with Gasteiger partial charge in [0.05, 0.1) is 16.7 Å². The highest BCUT2D eigenvalue weighted by Crippen LogP contribution is 2.39. The van der Waals surface area contributed by atoms with E-state index < -0.39 is 52.1 Å². The lowest BCUT2D eigenvalue weighted by Crippen LogP contribution is -2.49. The minimum atomic E-state index is -5.11. The van der Waals surface area contributed by atoms with E-state index in [4.69, 9.17) is 0 Å². The van der Waals surface area contributed by atoms with Gasteiger partial charge in [-0.25, -0.2) is 8.78 Å². The first-order valence-corrected chi connectivity index (χ1v) is 12.4. The summed E-state index contributed by atoms with van der Waals surface area (Å²) in [5, 5.41) is 2.57. The zero-order chi connectivity index (χ0) is 29.3. The quantitative estimate of drug-likeness (QED) is 0.213. The van der Waals surface area contributed by atoms with Crippen molar-refractivity contribution in [2.24, 2.45) is 0 Å². The number of nitrogens with one attached hydrogen (secondary N) is 1. The molecule has 4 aromatic rings. The van der Waals surface area contributed by atoms with Crippen LogP contribution in [0.25, 0.3) is 0 Å². The lowest BCUT2D eigenvalue weighted by atomic mass is 9.77. The maximum absolute atomic E-state index is 14.7. The Morgan fingerprint density at radius 1 is 0.700 bits per heavy atom. The number of carbonyl (C=O) groups excluding carboxylic acids is 1. The van der Waals surface area contributed by atoms with Crippen LogP contribution in [0.1, 0.15) is 38.2 Å². The fraction of sp³-hybridized carbons (Fsp3) is 0.138. The molecule has 0 radical (unpaired) electrons. The van der Waals surface area contributed by atoms with Crippen molar-refractivity contribution in [1.29, 1.82) is 0 Å². The van der Waals surface area contributed by atoms with Gasteiger partial charge >= 0.3 is 12.4 Å². The molecule has 0 spiro atoms. The second-order valence-corrected chi connectivity index (χ2v) is 9.86. The molecule has 0 unspecified atom stereocenters. The van der Waals surface area contributed by atoms with Gasteiger partial charge in [-0.2, -0.15) is 26.3 Å². The summed E-state index contributed by atoms with van der Waals surface area (Å²) in [7, 11) is 0. The van der Waals surface area contributed by atoms with Crippen LogP contribution in [-0.2, 0) is 24.3 Å². The molecule has 0 aromatic heterocycles. The number of carbonyl (C=O) groups is 1. The summed E-state index contributed by atoms with van der Waals surface area (Å²) in [5.74, 6) is -4.00. The first kappa shape index (κ1) is 29.3. The molecule has 0 heterocycles. The minimum absolute atomic E-state index is 0.213. The van der Waals surface area contributed by atoms with Crippen LogP contribution < -0.4 is 5.32 Å². The molecule has 1 N–H and O–H groups in total. The number of hydrogen-bond donors (Lipinski definition) is 1. The topological polar surface area (TPSA) is 29.1 Å². The Morgan fingerprint density at radius 3 is 1.93 bits per heavy atom. The average molecular weight is 628 g/mol. The van der Waals surface area contributed by atoms with Crippen LogP contribution in [0.2, 0.25) is 0 Å². The molecule has 4 rings (SSSR count). The molecule has 1 amide bonds. The van der Waals surface area contributed by atoms with E-state index in [1.165, 1.54) is 12.1 Å². The Kier molecular flexibility index (Phi) is 8.07. The molecule has 208 valence electrons. The van der Waals surface area contributed by atoms with E-state index in [-0.39, 0.29) is 17.5 Å². The van der Waals surface area contributed by atoms with Crippen LogP contribution in [0.4, 0.5) is 35.1 Å². The van der Waals surface area contributed by atoms with Gasteiger partial charge in [0.2, 0.25) is 0 Å². The van der Waals surface area contributed by atoms with Crippen LogP contribution in [0.3, 0.4) is 0 Å². The zero-order valence-electron chi connectivity index (χ0n) is 20.2. The lowest BCUT2D eigenvalue weighted by molar-refractivity contribution is -0.140. The molecule has 4 aromatic carbocycles. The minimum Gasteiger partial charge on any atom is -0.338 e. The molecular weight excluding hydrogens is 610 g/mol. The number of hydrogen-bond acceptors (Lipinski definition) is 1. The van der Waals surface area contributed by atoms with Crippen molar-refractivity contribution < 1.29 is 39.9 Å². The van der Waals surface area contributed by atoms with E-state index in [0.29, 0.717) is 34.3 Å². The van der Waals surface area contributed by atoms with Crippen LogP contribution in [0.15, 0.2) is 95.5 Å². The van der Waals surface area contributed by atoms with Crippen molar-refractivity contribution in [2.45, 2.75) is 24.3 Å². The van der Waals surface area contributed by atoms with E-state index in [1.54, 1.807) is 42.5 Å². The van der Waals surface area contributed by atoms with Crippen molar-refractivity contribution in [3.63, 3.8) is 0 Å². The monoisotopic (exact) mass is 627 g/mol. The van der Waals surface area contributed by atoms with Crippen molar-refractivity contribution in [3.8, 4) is 0 Å². The molecule has 40 heavy (non-hydrogen) atoms.